The van der Waals surface area contributed by atoms with Crippen molar-refractivity contribution >= 4 is 11.8 Å². The van der Waals surface area contributed by atoms with Crippen molar-refractivity contribution in [1.82, 2.24) is 0 Å². The molecule has 1 saturated heterocycles. The number of ketones is 1. The number of esters is 1. The summed E-state index contributed by atoms with van der Waals surface area (Å²) in [6, 6.07) is 0. The Hall–Kier alpha value is -2.40. The van der Waals surface area contributed by atoms with E-state index in [9.17, 15) is 19.8 Å². The number of aliphatic hydroxyl groups is 2. The smallest absolute Gasteiger partial charge is 0.346 e. The fourth-order valence-corrected chi connectivity index (χ4v) is 9.27. The summed E-state index contributed by atoms with van der Waals surface area (Å²) >= 11 is 0. The van der Waals surface area contributed by atoms with Gasteiger partial charge < -0.3 is 14.9 Å². The molecule has 9 unspecified atom stereocenters. The molecule has 0 amide bonds. The minimum atomic E-state index is -1.40. The summed E-state index contributed by atoms with van der Waals surface area (Å²) in [7, 11) is 0. The van der Waals surface area contributed by atoms with E-state index < -0.39 is 34.3 Å². The summed E-state index contributed by atoms with van der Waals surface area (Å²) in [5, 5.41) is 23.5. The summed E-state index contributed by atoms with van der Waals surface area (Å²) in [6.45, 7) is 16.6. The summed E-state index contributed by atoms with van der Waals surface area (Å²) in [5.41, 5.74) is 1.15. The second-order valence-corrected chi connectivity index (χ2v) is 13.9. The second kappa shape index (κ2) is 9.33. The van der Waals surface area contributed by atoms with Gasteiger partial charge in [-0.15, -0.1) is 0 Å². The van der Waals surface area contributed by atoms with Crippen molar-refractivity contribution in [2.75, 3.05) is 0 Å². The van der Waals surface area contributed by atoms with Crippen molar-refractivity contribution in [3.63, 3.8) is 0 Å². The Morgan fingerprint density at radius 2 is 1.67 bits per heavy atom. The van der Waals surface area contributed by atoms with Crippen LogP contribution in [0.3, 0.4) is 0 Å². The van der Waals surface area contributed by atoms with Gasteiger partial charge in [-0.1, -0.05) is 67.4 Å². The first-order valence-electron chi connectivity index (χ1n) is 14.8. The van der Waals surface area contributed by atoms with Gasteiger partial charge in [-0.05, 0) is 78.1 Å². The van der Waals surface area contributed by atoms with Crippen molar-refractivity contribution in [3.05, 3.63) is 57.9 Å². The number of Topliss-reactive ketones (excluding diaryl/α,β-unsaturated/α-hetero) is 1. The molecule has 0 aromatic heterocycles. The molecule has 5 rings (SSSR count). The topological polar surface area (TPSA) is 83.8 Å². The van der Waals surface area contributed by atoms with Gasteiger partial charge in [0.2, 0.25) is 5.78 Å². The third-order valence-electron chi connectivity index (χ3n) is 11.2. The molecule has 1 saturated carbocycles. The van der Waals surface area contributed by atoms with Gasteiger partial charge in [0, 0.05) is 23.7 Å². The van der Waals surface area contributed by atoms with Gasteiger partial charge in [0.15, 0.2) is 5.60 Å². The maximum atomic E-state index is 14.6. The monoisotopic (exact) mass is 534 g/mol. The standard InChI is InChI=1S/C34H46O5/c1-18-10-9-11-19(2)27-21(4)14-24-25(35)13-12-20(3)28(24)33(27,8)29(36)26-30(37)34(39-31(26)38)17-23(6)22(5)16-32(34,7)15-18/h11,14-16,20,23-25,27-28,35-36H,9-10,12-13,17H2,1-8H3/b18-15+,19-11+,29-26+. The predicted molar refractivity (Wildman–Crippen MR) is 153 cm³/mol. The molecular formula is C34H46O5. The van der Waals surface area contributed by atoms with Gasteiger partial charge in [0.1, 0.15) is 11.3 Å². The van der Waals surface area contributed by atoms with Crippen LogP contribution in [0.15, 0.2) is 57.9 Å². The highest BCUT2D eigenvalue weighted by molar-refractivity contribution is 6.26. The van der Waals surface area contributed by atoms with E-state index in [1.54, 1.807) is 0 Å². The van der Waals surface area contributed by atoms with Crippen molar-refractivity contribution in [2.45, 2.75) is 99.2 Å². The average Bonchev–Trinajstić information content (AvgIpc) is 3.09. The van der Waals surface area contributed by atoms with E-state index in [-0.39, 0.29) is 40.9 Å². The highest BCUT2D eigenvalue weighted by Crippen LogP contribution is 2.62. The molecule has 39 heavy (non-hydrogen) atoms. The number of ether oxygens (including phenoxy) is 1. The van der Waals surface area contributed by atoms with Crippen LogP contribution in [0.2, 0.25) is 0 Å². The number of carbonyl (C=O) groups excluding carboxylic acids is 2. The fraction of sp³-hybridized carbons (Fsp3) is 0.647. The molecule has 0 aromatic carbocycles. The lowest BCUT2D eigenvalue weighted by Gasteiger charge is -2.55. The highest BCUT2D eigenvalue weighted by atomic mass is 16.6. The van der Waals surface area contributed by atoms with Crippen molar-refractivity contribution in [1.29, 1.82) is 0 Å². The number of aliphatic hydroxyl groups excluding tert-OH is 2. The Labute approximate surface area is 233 Å². The highest BCUT2D eigenvalue weighted by Gasteiger charge is 2.66. The zero-order valence-corrected chi connectivity index (χ0v) is 24.9. The third-order valence-corrected chi connectivity index (χ3v) is 11.2. The lowest BCUT2D eigenvalue weighted by atomic mass is 9.49. The van der Waals surface area contributed by atoms with Crippen LogP contribution >= 0.6 is 0 Å². The number of allylic oxidation sites excluding steroid dienone is 6. The predicted octanol–water partition coefficient (Wildman–Crippen LogP) is 6.95. The van der Waals surface area contributed by atoms with Crippen LogP contribution < -0.4 is 0 Å². The van der Waals surface area contributed by atoms with Crippen LogP contribution in [-0.2, 0) is 14.3 Å². The molecule has 0 aromatic rings. The Kier molecular flexibility index (Phi) is 6.73. The Morgan fingerprint density at radius 3 is 2.36 bits per heavy atom. The van der Waals surface area contributed by atoms with E-state index >= 15 is 0 Å². The Balaban J connectivity index is 1.82. The van der Waals surface area contributed by atoms with Gasteiger partial charge in [-0.25, -0.2) is 4.79 Å². The molecule has 1 spiro atoms. The van der Waals surface area contributed by atoms with Crippen LogP contribution in [0.5, 0.6) is 0 Å². The van der Waals surface area contributed by atoms with Crippen LogP contribution in [0.25, 0.3) is 0 Å². The summed E-state index contributed by atoms with van der Waals surface area (Å²) in [4.78, 5) is 28.4. The molecule has 9 atom stereocenters. The second-order valence-electron chi connectivity index (χ2n) is 13.9. The molecule has 5 aliphatic rings. The van der Waals surface area contributed by atoms with Crippen molar-refractivity contribution < 1.29 is 24.5 Å². The van der Waals surface area contributed by atoms with Crippen LogP contribution in [0.4, 0.5) is 0 Å². The van der Waals surface area contributed by atoms with E-state index in [4.69, 9.17) is 4.74 Å². The SMILES string of the molecule is CC1=CC2(C)/C=C(\C)CC/C=C(\C)C3C(C)=CC4C(O)CCC(C)C4C3(C)/C(O)=C3\C(=O)OC2(CC1C)C3=O. The first-order chi connectivity index (χ1) is 18.2. The van der Waals surface area contributed by atoms with Gasteiger partial charge in [0.05, 0.1) is 11.5 Å². The number of fused-ring (bicyclic) bond motifs is 4. The van der Waals surface area contributed by atoms with Gasteiger partial charge in [0.25, 0.3) is 0 Å². The summed E-state index contributed by atoms with van der Waals surface area (Å²) in [6.07, 6.45) is 11.7. The molecule has 5 nitrogen and oxygen atoms in total. The molecule has 2 bridgehead atoms. The fourth-order valence-electron chi connectivity index (χ4n) is 9.27. The molecule has 1 heterocycles. The first kappa shape index (κ1) is 28.1. The van der Waals surface area contributed by atoms with Crippen molar-refractivity contribution in [3.8, 4) is 0 Å². The van der Waals surface area contributed by atoms with Gasteiger partial charge in [-0.3, -0.25) is 4.79 Å². The largest absolute Gasteiger partial charge is 0.511 e. The van der Waals surface area contributed by atoms with E-state index in [1.807, 2.05) is 13.8 Å². The number of carbonyl (C=O) groups is 2. The molecule has 0 radical (unpaired) electrons. The van der Waals surface area contributed by atoms with E-state index in [0.717, 1.165) is 36.0 Å². The molecule has 212 valence electrons. The molecule has 2 fully saturated rings. The molecule has 2 N–H and O–H groups in total. The van der Waals surface area contributed by atoms with Crippen LogP contribution in [-0.4, -0.2) is 33.7 Å². The zero-order chi connectivity index (χ0) is 28.7. The lowest BCUT2D eigenvalue weighted by Crippen LogP contribution is -2.54. The van der Waals surface area contributed by atoms with Gasteiger partial charge in [-0.2, -0.15) is 0 Å². The van der Waals surface area contributed by atoms with Crippen LogP contribution in [0, 0.1) is 40.4 Å². The summed E-state index contributed by atoms with van der Waals surface area (Å²) in [5.74, 6) is -1.51. The molecule has 1 aliphatic heterocycles. The lowest BCUT2D eigenvalue weighted by molar-refractivity contribution is -0.162. The Bertz CT molecular complexity index is 1260. The van der Waals surface area contributed by atoms with E-state index in [1.165, 1.54) is 5.57 Å². The maximum absolute atomic E-state index is 14.6. The van der Waals surface area contributed by atoms with E-state index in [0.29, 0.717) is 12.8 Å². The quantitative estimate of drug-likeness (QED) is 0.200. The Morgan fingerprint density at radius 1 is 0.974 bits per heavy atom. The van der Waals surface area contributed by atoms with E-state index in [2.05, 4.69) is 65.8 Å². The average molecular weight is 535 g/mol. The normalized spacial score (nSPS) is 49.3. The number of hydrogen-bond acceptors (Lipinski definition) is 5. The molecular weight excluding hydrogens is 488 g/mol. The van der Waals surface area contributed by atoms with Gasteiger partial charge >= 0.3 is 5.97 Å². The first-order valence-corrected chi connectivity index (χ1v) is 14.8. The molecule has 5 heteroatoms. The third kappa shape index (κ3) is 3.89. The molecule has 4 aliphatic carbocycles. The van der Waals surface area contributed by atoms with Crippen molar-refractivity contribution in [2.24, 2.45) is 40.4 Å². The number of rotatable bonds is 0. The zero-order valence-electron chi connectivity index (χ0n) is 24.9. The summed E-state index contributed by atoms with van der Waals surface area (Å²) < 4.78 is 6.20. The minimum Gasteiger partial charge on any atom is -0.511 e. The number of hydrogen-bond donors (Lipinski definition) is 2. The maximum Gasteiger partial charge on any atom is 0.346 e. The minimum absolute atomic E-state index is 0.0608. The van der Waals surface area contributed by atoms with Crippen LogP contribution in [0.1, 0.15) is 87.5 Å².